The fourth-order valence-corrected chi connectivity index (χ4v) is 5.44. The Kier molecular flexibility index (Phi) is 38.3. The van der Waals surface area contributed by atoms with E-state index in [9.17, 15) is 0 Å². The van der Waals surface area contributed by atoms with Crippen molar-refractivity contribution in [3.05, 3.63) is 0 Å². The van der Waals surface area contributed by atoms with Crippen LogP contribution < -0.4 is 0 Å². The van der Waals surface area contributed by atoms with Crippen molar-refractivity contribution < 1.29 is 0 Å². The van der Waals surface area contributed by atoms with Gasteiger partial charge in [0.15, 0.2) is 0 Å². The average Bonchev–Trinajstić information content (AvgIpc) is 3.21. The molecule has 0 aromatic heterocycles. The third-order valence-electron chi connectivity index (χ3n) is 9.09. The van der Waals surface area contributed by atoms with Gasteiger partial charge in [-0.15, -0.1) is 0 Å². The van der Waals surface area contributed by atoms with Crippen molar-refractivity contribution in [3.63, 3.8) is 0 Å². The van der Waals surface area contributed by atoms with E-state index in [0.29, 0.717) is 0 Å². The van der Waals surface area contributed by atoms with Crippen LogP contribution in [0.15, 0.2) is 0 Å². The van der Waals surface area contributed by atoms with Gasteiger partial charge >= 0.3 is 0 Å². The van der Waals surface area contributed by atoms with Crippen LogP contribution in [0.1, 0.15) is 194 Å². The summed E-state index contributed by atoms with van der Waals surface area (Å²) in [6.45, 7) is 36.6. The molecule has 0 radical (unpaired) electrons. The van der Waals surface area contributed by atoms with Gasteiger partial charge in [0.1, 0.15) is 0 Å². The van der Waals surface area contributed by atoms with Crippen molar-refractivity contribution in [2.75, 3.05) is 0 Å². The van der Waals surface area contributed by atoms with Crippen LogP contribution in [0.25, 0.3) is 0 Å². The molecule has 37 heavy (non-hydrogen) atoms. The summed E-state index contributed by atoms with van der Waals surface area (Å²) >= 11 is 0. The molecule has 0 heteroatoms. The minimum Gasteiger partial charge on any atom is -0.0683 e. The topological polar surface area (TPSA) is 0 Å². The van der Waals surface area contributed by atoms with E-state index in [4.69, 9.17) is 0 Å². The van der Waals surface area contributed by atoms with E-state index >= 15 is 0 Å². The van der Waals surface area contributed by atoms with Crippen molar-refractivity contribution in [1.29, 1.82) is 0 Å². The summed E-state index contributed by atoms with van der Waals surface area (Å²) in [7, 11) is 0. The summed E-state index contributed by atoms with van der Waals surface area (Å²) < 4.78 is 0. The minimum atomic E-state index is 0.856. The zero-order chi connectivity index (χ0) is 29.8. The third-order valence-corrected chi connectivity index (χ3v) is 9.09. The minimum absolute atomic E-state index is 0.856. The Balaban J connectivity index is -0.000000218. The maximum Gasteiger partial charge on any atom is -0.0368 e. The molecule has 1 fully saturated rings. The van der Waals surface area contributed by atoms with Crippen LogP contribution in [-0.4, -0.2) is 0 Å². The van der Waals surface area contributed by atoms with E-state index in [2.05, 4.69) is 96.9 Å². The molecular weight excluding hydrogens is 444 g/mol. The van der Waals surface area contributed by atoms with E-state index in [1.807, 2.05) is 13.8 Å². The molecule has 7 unspecified atom stereocenters. The summed E-state index contributed by atoms with van der Waals surface area (Å²) in [5.41, 5.74) is 0. The lowest BCUT2D eigenvalue weighted by Gasteiger charge is -2.30. The maximum atomic E-state index is 2.49. The van der Waals surface area contributed by atoms with Crippen molar-refractivity contribution >= 4 is 0 Å². The predicted octanol–water partition coefficient (Wildman–Crippen LogP) is 14.3. The molecule has 1 rings (SSSR count). The van der Waals surface area contributed by atoms with Gasteiger partial charge in [-0.3, -0.25) is 0 Å². The maximum absolute atomic E-state index is 2.49. The quantitative estimate of drug-likeness (QED) is 0.224. The largest absolute Gasteiger partial charge is 0.0683 e. The molecule has 0 aromatic carbocycles. The summed E-state index contributed by atoms with van der Waals surface area (Å²) in [5.74, 6) is 7.56. The van der Waals surface area contributed by atoms with Crippen LogP contribution in [0.4, 0.5) is 0 Å². The summed E-state index contributed by atoms with van der Waals surface area (Å²) in [5, 5.41) is 0. The SMILES string of the molecule is CC.CCC(C(C)C)C(C)CC1CCC(C)C1C.CCCC.CCCC(C)CC.CCCCC(C)CC. The molecule has 0 aromatic rings. The van der Waals surface area contributed by atoms with Gasteiger partial charge < -0.3 is 0 Å². The Morgan fingerprint density at radius 2 is 1.08 bits per heavy atom. The monoisotopic (exact) mass is 527 g/mol. The van der Waals surface area contributed by atoms with Gasteiger partial charge in [0, 0.05) is 0 Å². The van der Waals surface area contributed by atoms with E-state index in [1.165, 1.54) is 83.5 Å². The second-order valence-electron chi connectivity index (χ2n) is 12.7. The van der Waals surface area contributed by atoms with Crippen LogP contribution in [-0.2, 0) is 0 Å². The highest BCUT2D eigenvalue weighted by Gasteiger charge is 2.32. The van der Waals surface area contributed by atoms with Gasteiger partial charge in [-0.05, 0) is 60.2 Å². The molecule has 0 amide bonds. The molecule has 0 spiro atoms. The standard InChI is InChI=1S/C16H32.C8H18.C7H16.C4H10.C2H6/c1-7-16(11(2)3)13(5)10-15-9-8-12(4)14(15)6;1-4-6-7-8(3)5-2;1-4-6-7(3)5-2;1-3-4-2;1-2/h11-16H,7-10H2,1-6H3;8H,4-7H2,1-3H3;7H,4-6H2,1-3H3;3-4H2,1-2H3;1-2H3. The number of rotatable bonds is 13. The first-order valence-corrected chi connectivity index (χ1v) is 17.5. The zero-order valence-electron chi connectivity index (χ0n) is 29.8. The smallest absolute Gasteiger partial charge is 0.0368 e. The van der Waals surface area contributed by atoms with E-state index < -0.39 is 0 Å². The molecule has 0 nitrogen and oxygen atoms in total. The average molecular weight is 527 g/mol. The van der Waals surface area contributed by atoms with Crippen LogP contribution in [0.2, 0.25) is 0 Å². The summed E-state index contributed by atoms with van der Waals surface area (Å²) in [4.78, 5) is 0. The van der Waals surface area contributed by atoms with Gasteiger partial charge in [0.25, 0.3) is 0 Å². The highest BCUT2D eigenvalue weighted by Crippen LogP contribution is 2.42. The fourth-order valence-electron chi connectivity index (χ4n) is 5.44. The molecule has 1 aliphatic carbocycles. The molecule has 0 saturated heterocycles. The molecule has 0 aliphatic heterocycles. The van der Waals surface area contributed by atoms with Gasteiger partial charge in [0.05, 0.1) is 0 Å². The Hall–Kier alpha value is 0. The second kappa shape index (κ2) is 32.2. The van der Waals surface area contributed by atoms with Gasteiger partial charge in [0.2, 0.25) is 0 Å². The van der Waals surface area contributed by atoms with Gasteiger partial charge in [-0.2, -0.15) is 0 Å². The van der Waals surface area contributed by atoms with Crippen LogP contribution in [0.5, 0.6) is 0 Å². The Morgan fingerprint density at radius 1 is 0.595 bits per heavy atom. The molecule has 230 valence electrons. The van der Waals surface area contributed by atoms with Crippen LogP contribution in [0, 0.1) is 47.3 Å². The van der Waals surface area contributed by atoms with Crippen molar-refractivity contribution in [1.82, 2.24) is 0 Å². The highest BCUT2D eigenvalue weighted by atomic mass is 14.4. The second-order valence-corrected chi connectivity index (χ2v) is 12.7. The Morgan fingerprint density at radius 3 is 1.35 bits per heavy atom. The zero-order valence-corrected chi connectivity index (χ0v) is 29.8. The Labute approximate surface area is 241 Å². The summed E-state index contributed by atoms with van der Waals surface area (Å²) in [6, 6.07) is 0. The highest BCUT2D eigenvalue weighted by molar-refractivity contribution is 4.82. The van der Waals surface area contributed by atoms with E-state index in [0.717, 1.165) is 47.3 Å². The van der Waals surface area contributed by atoms with E-state index in [-0.39, 0.29) is 0 Å². The van der Waals surface area contributed by atoms with Crippen LogP contribution >= 0.6 is 0 Å². The van der Waals surface area contributed by atoms with Crippen molar-refractivity contribution in [3.8, 4) is 0 Å². The molecule has 0 heterocycles. The molecular formula is C37H82. The number of hydrogen-bond donors (Lipinski definition) is 0. The van der Waals surface area contributed by atoms with E-state index in [1.54, 1.807) is 0 Å². The van der Waals surface area contributed by atoms with Gasteiger partial charge in [-0.25, -0.2) is 0 Å². The molecule has 0 N–H and O–H groups in total. The third kappa shape index (κ3) is 27.4. The fraction of sp³-hybridized carbons (Fsp3) is 1.00. The molecule has 1 saturated carbocycles. The first kappa shape index (κ1) is 44.0. The van der Waals surface area contributed by atoms with Crippen molar-refractivity contribution in [2.24, 2.45) is 47.3 Å². The number of unbranched alkanes of at least 4 members (excludes halogenated alkanes) is 2. The first-order valence-electron chi connectivity index (χ1n) is 17.5. The molecule has 0 bridgehead atoms. The lowest BCUT2D eigenvalue weighted by Crippen LogP contribution is -2.21. The number of hydrogen-bond acceptors (Lipinski definition) is 0. The molecule has 7 atom stereocenters. The lowest BCUT2D eigenvalue weighted by molar-refractivity contribution is 0.200. The van der Waals surface area contributed by atoms with Crippen molar-refractivity contribution in [2.45, 2.75) is 194 Å². The van der Waals surface area contributed by atoms with Gasteiger partial charge in [-0.1, -0.05) is 181 Å². The van der Waals surface area contributed by atoms with Crippen LogP contribution in [0.3, 0.4) is 0 Å². The Bertz CT molecular complexity index is 381. The lowest BCUT2D eigenvalue weighted by atomic mass is 9.76. The molecule has 1 aliphatic rings. The predicted molar refractivity (Wildman–Crippen MR) is 179 cm³/mol. The normalized spacial score (nSPS) is 21.5. The first-order chi connectivity index (χ1) is 17.5. The summed E-state index contributed by atoms with van der Waals surface area (Å²) in [6.07, 6.45) is 18.0.